The van der Waals surface area contributed by atoms with E-state index in [1.807, 2.05) is 35.2 Å². The first kappa shape index (κ1) is 18.1. The molecule has 2 aliphatic heterocycles. The number of ether oxygens (including phenoxy) is 1. The monoisotopic (exact) mass is 364 g/mol. The highest BCUT2D eigenvalue weighted by Crippen LogP contribution is 2.17. The second kappa shape index (κ2) is 8.12. The lowest BCUT2D eigenvalue weighted by Crippen LogP contribution is -2.44. The highest BCUT2D eigenvalue weighted by molar-refractivity contribution is 7.94. The van der Waals surface area contributed by atoms with E-state index in [2.05, 4.69) is 5.32 Å². The second-order valence-corrected chi connectivity index (χ2v) is 8.49. The predicted octanol–water partition coefficient (Wildman–Crippen LogP) is 1.09. The minimum Gasteiger partial charge on any atom is -0.376 e. The average molecular weight is 364 g/mol. The Morgan fingerprint density at radius 3 is 2.72 bits per heavy atom. The molecule has 1 aromatic carbocycles. The summed E-state index contributed by atoms with van der Waals surface area (Å²) in [7, 11) is -3.17. The Bertz CT molecular complexity index is 712. The van der Waals surface area contributed by atoms with Crippen molar-refractivity contribution in [2.24, 2.45) is 0 Å². The molecule has 136 valence electrons. The first-order valence-corrected chi connectivity index (χ1v) is 10.3. The average Bonchev–Trinajstić information content (AvgIpc) is 3.22. The summed E-state index contributed by atoms with van der Waals surface area (Å²) in [5.41, 5.74) is 1.05. The molecule has 1 N–H and O–H groups in total. The van der Waals surface area contributed by atoms with Crippen LogP contribution in [0.15, 0.2) is 41.8 Å². The number of amides is 1. The van der Waals surface area contributed by atoms with Crippen LogP contribution in [-0.2, 0) is 25.9 Å². The second-order valence-electron chi connectivity index (χ2n) is 6.56. The highest BCUT2D eigenvalue weighted by Gasteiger charge is 2.28. The molecule has 1 saturated heterocycles. The molecule has 7 heteroatoms. The normalized spacial score (nSPS) is 24.7. The topological polar surface area (TPSA) is 75.7 Å². The standard InChI is InChI=1S/C18H24N2O4S/c21-18(19-11-17-7-4-9-24-17)13-20(12-15-5-2-1-3-6-15)16-8-10-25(22,23)14-16/h1-3,5-6,8,10,16-17H,4,7,9,11-14H2,(H,19,21). The van der Waals surface area contributed by atoms with Gasteiger partial charge >= 0.3 is 0 Å². The van der Waals surface area contributed by atoms with Crippen molar-refractivity contribution in [1.29, 1.82) is 0 Å². The maximum Gasteiger partial charge on any atom is 0.234 e. The van der Waals surface area contributed by atoms with Gasteiger partial charge in [-0.05, 0) is 18.4 Å². The minimum atomic E-state index is -3.17. The first-order chi connectivity index (χ1) is 12.0. The van der Waals surface area contributed by atoms with Gasteiger partial charge in [-0.2, -0.15) is 0 Å². The van der Waals surface area contributed by atoms with Crippen LogP contribution < -0.4 is 5.32 Å². The fourth-order valence-corrected chi connectivity index (χ4v) is 4.50. The third-order valence-corrected chi connectivity index (χ3v) is 5.88. The van der Waals surface area contributed by atoms with E-state index in [9.17, 15) is 13.2 Å². The maximum atomic E-state index is 12.3. The summed E-state index contributed by atoms with van der Waals surface area (Å²) in [6, 6.07) is 9.48. The summed E-state index contributed by atoms with van der Waals surface area (Å²) in [4.78, 5) is 14.2. The van der Waals surface area contributed by atoms with Crippen molar-refractivity contribution in [3.63, 3.8) is 0 Å². The zero-order valence-electron chi connectivity index (χ0n) is 14.1. The third-order valence-electron chi connectivity index (χ3n) is 4.51. The summed E-state index contributed by atoms with van der Waals surface area (Å²) in [5, 5.41) is 4.16. The molecule has 3 rings (SSSR count). The number of carbonyl (C=O) groups excluding carboxylic acids is 1. The van der Waals surface area contributed by atoms with E-state index in [1.54, 1.807) is 6.08 Å². The molecule has 2 heterocycles. The number of sulfone groups is 1. The van der Waals surface area contributed by atoms with E-state index in [0.29, 0.717) is 13.1 Å². The van der Waals surface area contributed by atoms with Gasteiger partial charge in [0.1, 0.15) is 0 Å². The molecule has 0 radical (unpaired) electrons. The molecule has 1 amide bonds. The zero-order valence-corrected chi connectivity index (χ0v) is 15.0. The van der Waals surface area contributed by atoms with E-state index in [4.69, 9.17) is 4.74 Å². The van der Waals surface area contributed by atoms with Gasteiger partial charge in [0.2, 0.25) is 5.91 Å². The van der Waals surface area contributed by atoms with Crippen LogP contribution in [0.2, 0.25) is 0 Å². The molecule has 2 unspecified atom stereocenters. The molecule has 1 fully saturated rings. The van der Waals surface area contributed by atoms with Crippen LogP contribution in [0, 0.1) is 0 Å². The Balaban J connectivity index is 1.61. The van der Waals surface area contributed by atoms with E-state index in [0.717, 1.165) is 25.0 Å². The van der Waals surface area contributed by atoms with Crippen molar-refractivity contribution in [2.75, 3.05) is 25.4 Å². The fourth-order valence-electron chi connectivity index (χ4n) is 3.17. The van der Waals surface area contributed by atoms with Crippen molar-refractivity contribution in [2.45, 2.75) is 31.5 Å². The fraction of sp³-hybridized carbons (Fsp3) is 0.500. The van der Waals surface area contributed by atoms with Gasteiger partial charge in [0.05, 0.1) is 18.4 Å². The molecule has 2 atom stereocenters. The Hall–Kier alpha value is -1.70. The van der Waals surface area contributed by atoms with Gasteiger partial charge in [-0.3, -0.25) is 9.69 Å². The lowest BCUT2D eigenvalue weighted by atomic mass is 10.1. The lowest BCUT2D eigenvalue weighted by Gasteiger charge is -2.27. The van der Waals surface area contributed by atoms with Gasteiger partial charge in [0.25, 0.3) is 0 Å². The van der Waals surface area contributed by atoms with E-state index in [1.165, 1.54) is 5.41 Å². The van der Waals surface area contributed by atoms with Gasteiger partial charge in [-0.25, -0.2) is 8.42 Å². The van der Waals surface area contributed by atoms with Gasteiger partial charge in [-0.15, -0.1) is 0 Å². The van der Waals surface area contributed by atoms with Crippen LogP contribution in [-0.4, -0.2) is 56.8 Å². The quantitative estimate of drug-likeness (QED) is 0.784. The number of rotatable bonds is 7. The van der Waals surface area contributed by atoms with Crippen molar-refractivity contribution in [1.82, 2.24) is 10.2 Å². The molecule has 25 heavy (non-hydrogen) atoms. The number of nitrogens with one attached hydrogen (secondary N) is 1. The van der Waals surface area contributed by atoms with Crippen molar-refractivity contribution in [3.05, 3.63) is 47.4 Å². The van der Waals surface area contributed by atoms with E-state index >= 15 is 0 Å². The molecular formula is C18H24N2O4S. The zero-order chi connectivity index (χ0) is 17.7. The number of carbonyl (C=O) groups is 1. The van der Waals surface area contributed by atoms with Gasteiger partial charge in [0, 0.05) is 31.1 Å². The summed E-state index contributed by atoms with van der Waals surface area (Å²) < 4.78 is 29.0. The van der Waals surface area contributed by atoms with Crippen LogP contribution >= 0.6 is 0 Å². The van der Waals surface area contributed by atoms with Crippen molar-refractivity contribution in [3.8, 4) is 0 Å². The SMILES string of the molecule is O=C(CN(Cc1ccccc1)C1C=CS(=O)(=O)C1)NCC1CCCO1. The Morgan fingerprint density at radius 1 is 1.28 bits per heavy atom. The summed E-state index contributed by atoms with van der Waals surface area (Å²) in [5.74, 6) is -0.0807. The molecule has 6 nitrogen and oxygen atoms in total. The minimum absolute atomic E-state index is 0.0266. The van der Waals surface area contributed by atoms with Gasteiger partial charge in [-0.1, -0.05) is 36.4 Å². The van der Waals surface area contributed by atoms with E-state index in [-0.39, 0.29) is 30.4 Å². The Labute approximate surface area is 148 Å². The molecule has 1 aromatic rings. The number of hydrogen-bond acceptors (Lipinski definition) is 5. The summed E-state index contributed by atoms with van der Waals surface area (Å²) in [6.45, 7) is 1.95. The van der Waals surface area contributed by atoms with Gasteiger partial charge < -0.3 is 10.1 Å². The Morgan fingerprint density at radius 2 is 2.08 bits per heavy atom. The molecule has 0 aromatic heterocycles. The van der Waals surface area contributed by atoms with Crippen molar-refractivity contribution < 1.29 is 17.9 Å². The Kier molecular flexibility index (Phi) is 5.88. The van der Waals surface area contributed by atoms with E-state index < -0.39 is 9.84 Å². The van der Waals surface area contributed by atoms with Crippen LogP contribution in [0.25, 0.3) is 0 Å². The molecule has 0 saturated carbocycles. The number of benzene rings is 1. The predicted molar refractivity (Wildman–Crippen MR) is 95.6 cm³/mol. The maximum absolute atomic E-state index is 12.3. The molecule has 0 aliphatic carbocycles. The first-order valence-electron chi connectivity index (χ1n) is 8.59. The number of nitrogens with zero attached hydrogens (tertiary/aromatic N) is 1. The molecule has 0 bridgehead atoms. The highest BCUT2D eigenvalue weighted by atomic mass is 32.2. The third kappa shape index (κ3) is 5.39. The van der Waals surface area contributed by atoms with Crippen LogP contribution in [0.5, 0.6) is 0 Å². The van der Waals surface area contributed by atoms with Crippen molar-refractivity contribution >= 4 is 15.7 Å². The molecular weight excluding hydrogens is 340 g/mol. The smallest absolute Gasteiger partial charge is 0.234 e. The van der Waals surface area contributed by atoms with Crippen LogP contribution in [0.1, 0.15) is 18.4 Å². The number of hydrogen-bond donors (Lipinski definition) is 1. The summed E-state index contributed by atoms with van der Waals surface area (Å²) in [6.07, 6.45) is 3.77. The van der Waals surface area contributed by atoms with Crippen LogP contribution in [0.4, 0.5) is 0 Å². The largest absolute Gasteiger partial charge is 0.376 e. The molecule has 2 aliphatic rings. The molecule has 0 spiro atoms. The summed E-state index contributed by atoms with van der Waals surface area (Å²) >= 11 is 0. The van der Waals surface area contributed by atoms with Crippen LogP contribution in [0.3, 0.4) is 0 Å². The van der Waals surface area contributed by atoms with Gasteiger partial charge in [0.15, 0.2) is 9.84 Å². The lowest BCUT2D eigenvalue weighted by molar-refractivity contribution is -0.123.